The van der Waals surface area contributed by atoms with E-state index in [0.717, 1.165) is 50.1 Å². The number of fused-ring (bicyclic) bond motifs is 9. The minimum atomic E-state index is -0.523. The van der Waals surface area contributed by atoms with Crippen molar-refractivity contribution in [1.29, 1.82) is 0 Å². The molecule has 10 aromatic rings. The second kappa shape index (κ2) is 13.0. The van der Waals surface area contributed by atoms with Gasteiger partial charge in [0.15, 0.2) is 0 Å². The quantitative estimate of drug-likeness (QED) is 0.168. The molecule has 0 fully saturated rings. The fourth-order valence-corrected chi connectivity index (χ4v) is 10.6. The van der Waals surface area contributed by atoms with Crippen molar-refractivity contribution < 1.29 is 4.42 Å². The monoisotopic (exact) mass is 767 g/mol. The van der Waals surface area contributed by atoms with Crippen LogP contribution in [0.3, 0.4) is 0 Å². The first kappa shape index (κ1) is 34.6. The highest BCUT2D eigenvalue weighted by Gasteiger charge is 2.46. The molecule has 9 aromatic carbocycles. The van der Waals surface area contributed by atoms with Crippen LogP contribution in [0.25, 0.3) is 55.3 Å². The molecule has 2 heteroatoms. The molecule has 2 aliphatic carbocycles. The molecule has 1 heterocycles. The number of anilines is 3. The van der Waals surface area contributed by atoms with Gasteiger partial charge in [-0.25, -0.2) is 0 Å². The Bertz CT molecular complexity index is 3260. The fraction of sp³-hybridized carbons (Fsp3) is 0.0690. The minimum absolute atomic E-state index is 0.157. The average Bonchev–Trinajstić information content (AvgIpc) is 3.90. The van der Waals surface area contributed by atoms with Crippen molar-refractivity contribution >= 4 is 39.0 Å². The maximum Gasteiger partial charge on any atom is 0.135 e. The Morgan fingerprint density at radius 2 is 0.883 bits per heavy atom. The Labute approximate surface area is 350 Å². The number of para-hydroxylation sites is 2. The Hall–Kier alpha value is -7.42. The number of hydrogen-bond acceptors (Lipinski definition) is 2. The molecule has 0 amide bonds. The molecule has 60 heavy (non-hydrogen) atoms. The summed E-state index contributed by atoms with van der Waals surface area (Å²) in [5, 5.41) is 2.24. The van der Waals surface area contributed by atoms with Crippen LogP contribution in [0.2, 0.25) is 0 Å². The largest absolute Gasteiger partial charge is 0.456 e. The molecule has 284 valence electrons. The van der Waals surface area contributed by atoms with Crippen LogP contribution >= 0.6 is 0 Å². The first-order valence-electron chi connectivity index (χ1n) is 20.9. The standard InChI is InChI=1S/C58H41NO/c1-57(2)50-25-13-9-22-44(50)46-32-30-41(36-52(46)57)59(54-27-15-11-21-43(54)38-29-34-56-49(35-38)48-24-12-16-28-55(48)60-56)42-31-33-47-45-23-10-14-26-51(45)58(53(47)37-42,39-17-5-3-6-18-39)40-19-7-4-8-20-40/h3-37H,1-2H3. The summed E-state index contributed by atoms with van der Waals surface area (Å²) in [6.07, 6.45) is 0. The van der Waals surface area contributed by atoms with Gasteiger partial charge in [-0.1, -0.05) is 178 Å². The summed E-state index contributed by atoms with van der Waals surface area (Å²) in [5.41, 5.74) is 19.7. The predicted molar refractivity (Wildman–Crippen MR) is 249 cm³/mol. The smallest absolute Gasteiger partial charge is 0.135 e. The summed E-state index contributed by atoms with van der Waals surface area (Å²) in [7, 11) is 0. The van der Waals surface area contributed by atoms with E-state index in [1.807, 2.05) is 6.07 Å². The van der Waals surface area contributed by atoms with Gasteiger partial charge < -0.3 is 9.32 Å². The molecule has 2 aliphatic rings. The van der Waals surface area contributed by atoms with Crippen LogP contribution in [0.4, 0.5) is 17.1 Å². The molecule has 0 aliphatic heterocycles. The van der Waals surface area contributed by atoms with Gasteiger partial charge >= 0.3 is 0 Å². The highest BCUT2D eigenvalue weighted by molar-refractivity contribution is 6.07. The lowest BCUT2D eigenvalue weighted by molar-refractivity contribution is 0.660. The lowest BCUT2D eigenvalue weighted by Crippen LogP contribution is -2.28. The molecule has 12 rings (SSSR count). The third kappa shape index (κ3) is 4.88. The second-order valence-electron chi connectivity index (χ2n) is 16.8. The molecule has 0 saturated carbocycles. The van der Waals surface area contributed by atoms with Crippen LogP contribution < -0.4 is 4.90 Å². The maximum absolute atomic E-state index is 6.30. The number of hydrogen-bond donors (Lipinski definition) is 0. The van der Waals surface area contributed by atoms with E-state index in [4.69, 9.17) is 4.42 Å². The predicted octanol–water partition coefficient (Wildman–Crippen LogP) is 15.4. The van der Waals surface area contributed by atoms with Gasteiger partial charge in [-0.2, -0.15) is 0 Å². The van der Waals surface area contributed by atoms with Gasteiger partial charge in [-0.15, -0.1) is 0 Å². The molecule has 0 unspecified atom stereocenters. The third-order valence-electron chi connectivity index (χ3n) is 13.4. The maximum atomic E-state index is 6.30. The van der Waals surface area contributed by atoms with Crippen LogP contribution in [0.1, 0.15) is 47.2 Å². The van der Waals surface area contributed by atoms with Crippen molar-refractivity contribution in [1.82, 2.24) is 0 Å². The Balaban J connectivity index is 1.13. The van der Waals surface area contributed by atoms with E-state index in [9.17, 15) is 0 Å². The fourth-order valence-electron chi connectivity index (χ4n) is 10.6. The lowest BCUT2D eigenvalue weighted by atomic mass is 9.67. The first-order valence-corrected chi connectivity index (χ1v) is 20.9. The van der Waals surface area contributed by atoms with Gasteiger partial charge in [-0.3, -0.25) is 0 Å². The van der Waals surface area contributed by atoms with E-state index in [2.05, 4.69) is 225 Å². The third-order valence-corrected chi connectivity index (χ3v) is 13.4. The molecule has 1 aromatic heterocycles. The van der Waals surface area contributed by atoms with Crippen LogP contribution in [-0.4, -0.2) is 0 Å². The van der Waals surface area contributed by atoms with Crippen LogP contribution in [0.15, 0.2) is 217 Å². The molecule has 0 atom stereocenters. The normalized spacial score (nSPS) is 14.1. The van der Waals surface area contributed by atoms with E-state index < -0.39 is 5.41 Å². The SMILES string of the molecule is CC1(C)c2ccccc2-c2ccc(N(c3ccc4c(c3)C(c3ccccc3)(c3ccccc3)c3ccccc3-4)c3ccccc3-c3ccc4oc5ccccc5c4c3)cc21. The van der Waals surface area contributed by atoms with E-state index >= 15 is 0 Å². The van der Waals surface area contributed by atoms with Crippen molar-refractivity contribution in [3.8, 4) is 33.4 Å². The number of furan rings is 1. The molecule has 0 radical (unpaired) electrons. The van der Waals surface area contributed by atoms with Gasteiger partial charge in [0.2, 0.25) is 0 Å². The van der Waals surface area contributed by atoms with Crippen molar-refractivity contribution in [2.45, 2.75) is 24.7 Å². The Kier molecular flexibility index (Phi) is 7.52. The second-order valence-corrected chi connectivity index (χ2v) is 16.8. The van der Waals surface area contributed by atoms with Gasteiger partial charge in [0.05, 0.1) is 11.1 Å². The zero-order chi connectivity index (χ0) is 40.0. The molecule has 0 saturated heterocycles. The van der Waals surface area contributed by atoms with Crippen molar-refractivity contribution in [2.75, 3.05) is 4.90 Å². The van der Waals surface area contributed by atoms with Gasteiger partial charge in [0.1, 0.15) is 11.2 Å². The summed E-state index contributed by atoms with van der Waals surface area (Å²) in [5.74, 6) is 0. The Morgan fingerprint density at radius 1 is 0.367 bits per heavy atom. The highest BCUT2D eigenvalue weighted by Crippen LogP contribution is 2.58. The van der Waals surface area contributed by atoms with Crippen molar-refractivity contribution in [3.63, 3.8) is 0 Å². The average molecular weight is 768 g/mol. The van der Waals surface area contributed by atoms with E-state index in [-0.39, 0.29) is 5.41 Å². The van der Waals surface area contributed by atoms with Gasteiger partial charge in [0.25, 0.3) is 0 Å². The zero-order valence-corrected chi connectivity index (χ0v) is 33.6. The molecule has 0 bridgehead atoms. The van der Waals surface area contributed by atoms with Crippen LogP contribution in [0.5, 0.6) is 0 Å². The topological polar surface area (TPSA) is 16.4 Å². The van der Waals surface area contributed by atoms with E-state index in [0.29, 0.717) is 0 Å². The van der Waals surface area contributed by atoms with Crippen molar-refractivity contribution in [3.05, 3.63) is 246 Å². The summed E-state index contributed by atoms with van der Waals surface area (Å²) >= 11 is 0. The van der Waals surface area contributed by atoms with Crippen LogP contribution in [0, 0.1) is 0 Å². The summed E-state index contributed by atoms with van der Waals surface area (Å²) in [4.78, 5) is 2.50. The number of benzene rings is 9. The minimum Gasteiger partial charge on any atom is -0.456 e. The molecular weight excluding hydrogens is 727 g/mol. The van der Waals surface area contributed by atoms with E-state index in [1.165, 1.54) is 55.6 Å². The number of rotatable bonds is 6. The summed E-state index contributed by atoms with van der Waals surface area (Å²) < 4.78 is 6.30. The highest BCUT2D eigenvalue weighted by atomic mass is 16.3. The molecule has 0 spiro atoms. The zero-order valence-electron chi connectivity index (χ0n) is 33.6. The van der Waals surface area contributed by atoms with Crippen molar-refractivity contribution in [2.24, 2.45) is 0 Å². The molecule has 2 nitrogen and oxygen atoms in total. The molecule has 0 N–H and O–H groups in total. The lowest BCUT2D eigenvalue weighted by Gasteiger charge is -2.35. The first-order chi connectivity index (χ1) is 29.5. The van der Waals surface area contributed by atoms with Gasteiger partial charge in [0, 0.05) is 33.1 Å². The summed E-state index contributed by atoms with van der Waals surface area (Å²) in [6.45, 7) is 4.73. The summed E-state index contributed by atoms with van der Waals surface area (Å²) in [6, 6.07) is 78.2. The number of nitrogens with zero attached hydrogens (tertiary/aromatic N) is 1. The molecular formula is C58H41NO. The van der Waals surface area contributed by atoms with E-state index in [1.54, 1.807) is 0 Å². The van der Waals surface area contributed by atoms with Gasteiger partial charge in [-0.05, 0) is 110 Å². The van der Waals surface area contributed by atoms with Crippen LogP contribution in [-0.2, 0) is 10.8 Å². The Morgan fingerprint density at radius 3 is 1.60 bits per heavy atom.